The second kappa shape index (κ2) is 13.6. The Bertz CT molecular complexity index is 472. The van der Waals surface area contributed by atoms with E-state index in [0.717, 1.165) is 0 Å². The van der Waals surface area contributed by atoms with Crippen LogP contribution in [0.4, 0.5) is 0 Å². The SMILES string of the molecule is O=C(O)c1ccccc1.O=C(O)c1ccccc1.[Cl-].[Cl-].[Ti+2]. The molecule has 2 rings (SSSR count). The molecule has 110 valence electrons. The normalized spacial score (nSPS) is 7.62. The van der Waals surface area contributed by atoms with Gasteiger partial charge in [0.15, 0.2) is 0 Å². The minimum absolute atomic E-state index is 0. The Hall–Kier alpha value is -1.33. The van der Waals surface area contributed by atoms with Crippen molar-refractivity contribution in [3.05, 3.63) is 71.8 Å². The van der Waals surface area contributed by atoms with Gasteiger partial charge in [0.25, 0.3) is 0 Å². The number of rotatable bonds is 2. The Balaban J connectivity index is -0.000000270. The summed E-state index contributed by atoms with van der Waals surface area (Å²) in [6, 6.07) is 16.6. The smallest absolute Gasteiger partial charge is 1.00 e. The molecule has 0 unspecified atom stereocenters. The van der Waals surface area contributed by atoms with Crippen molar-refractivity contribution in [3.63, 3.8) is 0 Å². The van der Waals surface area contributed by atoms with E-state index in [9.17, 15) is 9.59 Å². The van der Waals surface area contributed by atoms with Crippen LogP contribution in [0.25, 0.3) is 0 Å². The fourth-order valence-corrected chi connectivity index (χ4v) is 1.16. The molecule has 0 amide bonds. The molecule has 0 aromatic heterocycles. The van der Waals surface area contributed by atoms with Gasteiger partial charge in [-0.3, -0.25) is 0 Å². The van der Waals surface area contributed by atoms with E-state index in [1.807, 2.05) is 0 Å². The van der Waals surface area contributed by atoms with E-state index in [0.29, 0.717) is 11.1 Å². The molecule has 0 saturated carbocycles. The van der Waals surface area contributed by atoms with E-state index in [1.165, 1.54) is 0 Å². The standard InChI is InChI=1S/2C7H6O2.2ClH.Ti/c2*8-7(9)6-4-2-1-3-5-6;;;/h2*1-5H,(H,8,9);2*1H;/q;;;;+2/p-2. The Kier molecular flexibility index (Phi) is 16.0. The minimum atomic E-state index is -0.879. The first kappa shape index (κ1) is 24.7. The molecule has 2 aromatic rings. The van der Waals surface area contributed by atoms with Crippen LogP contribution in [0.15, 0.2) is 60.7 Å². The summed E-state index contributed by atoms with van der Waals surface area (Å²) in [4.78, 5) is 20.4. The van der Waals surface area contributed by atoms with Crippen LogP contribution >= 0.6 is 0 Å². The van der Waals surface area contributed by atoms with E-state index < -0.39 is 11.9 Å². The number of hydrogen-bond acceptors (Lipinski definition) is 2. The average molecular weight is 363 g/mol. The van der Waals surface area contributed by atoms with Gasteiger partial charge >= 0.3 is 33.7 Å². The Morgan fingerprint density at radius 1 is 0.619 bits per heavy atom. The largest absolute Gasteiger partial charge is 2.00 e. The van der Waals surface area contributed by atoms with Crippen LogP contribution in [0.5, 0.6) is 0 Å². The van der Waals surface area contributed by atoms with Gasteiger partial charge in [0.1, 0.15) is 0 Å². The second-order valence-electron chi connectivity index (χ2n) is 3.34. The first-order valence-corrected chi connectivity index (χ1v) is 5.18. The first-order valence-electron chi connectivity index (χ1n) is 5.18. The van der Waals surface area contributed by atoms with Gasteiger partial charge in [-0.2, -0.15) is 0 Å². The summed E-state index contributed by atoms with van der Waals surface area (Å²) >= 11 is 0. The van der Waals surface area contributed by atoms with E-state index in [-0.39, 0.29) is 46.5 Å². The van der Waals surface area contributed by atoms with Crippen molar-refractivity contribution >= 4 is 11.9 Å². The summed E-state index contributed by atoms with van der Waals surface area (Å²) < 4.78 is 0. The molecule has 0 aliphatic heterocycles. The topological polar surface area (TPSA) is 74.6 Å². The van der Waals surface area contributed by atoms with Crippen LogP contribution in [0.3, 0.4) is 0 Å². The van der Waals surface area contributed by atoms with Crippen LogP contribution in [0, 0.1) is 0 Å². The second-order valence-corrected chi connectivity index (χ2v) is 3.34. The Morgan fingerprint density at radius 2 is 0.857 bits per heavy atom. The Morgan fingerprint density at radius 3 is 1.00 bits per heavy atom. The van der Waals surface area contributed by atoms with Crippen LogP contribution in [-0.4, -0.2) is 22.2 Å². The van der Waals surface area contributed by atoms with Gasteiger partial charge in [0.05, 0.1) is 11.1 Å². The van der Waals surface area contributed by atoms with Crippen molar-refractivity contribution in [1.82, 2.24) is 0 Å². The van der Waals surface area contributed by atoms with Crippen LogP contribution in [-0.2, 0) is 21.7 Å². The number of carboxylic acid groups (broad SMARTS) is 2. The number of carboxylic acids is 2. The maximum absolute atomic E-state index is 10.2. The van der Waals surface area contributed by atoms with Crippen LogP contribution in [0.1, 0.15) is 20.7 Å². The molecule has 0 atom stereocenters. The van der Waals surface area contributed by atoms with E-state index in [1.54, 1.807) is 60.7 Å². The van der Waals surface area contributed by atoms with E-state index in [4.69, 9.17) is 10.2 Å². The first-order chi connectivity index (χ1) is 8.61. The Labute approximate surface area is 149 Å². The molecule has 7 heteroatoms. The molecule has 21 heavy (non-hydrogen) atoms. The number of aromatic carboxylic acids is 2. The van der Waals surface area contributed by atoms with Gasteiger partial charge in [-0.25, -0.2) is 9.59 Å². The van der Waals surface area contributed by atoms with E-state index in [2.05, 4.69) is 0 Å². The summed E-state index contributed by atoms with van der Waals surface area (Å²) in [5.41, 5.74) is 0.662. The van der Waals surface area contributed by atoms with Crippen molar-refractivity contribution in [2.45, 2.75) is 0 Å². The monoisotopic (exact) mass is 362 g/mol. The molecule has 0 bridgehead atoms. The fraction of sp³-hybridized carbons (Fsp3) is 0. The number of benzene rings is 2. The number of carbonyl (C=O) groups is 2. The molecule has 0 aliphatic carbocycles. The zero-order valence-electron chi connectivity index (χ0n) is 10.7. The van der Waals surface area contributed by atoms with Gasteiger partial charge in [0.2, 0.25) is 0 Å². The zero-order chi connectivity index (χ0) is 13.4. The third kappa shape index (κ3) is 10.1. The maximum Gasteiger partial charge on any atom is 2.00 e. The van der Waals surface area contributed by atoms with Crippen molar-refractivity contribution < 1.29 is 66.3 Å². The van der Waals surface area contributed by atoms with Gasteiger partial charge in [-0.1, -0.05) is 36.4 Å². The number of halogens is 2. The molecule has 2 N–H and O–H groups in total. The predicted octanol–water partition coefficient (Wildman–Crippen LogP) is -3.22. The van der Waals surface area contributed by atoms with Crippen molar-refractivity contribution in [1.29, 1.82) is 0 Å². The molecular weight excluding hydrogens is 351 g/mol. The molecule has 0 fully saturated rings. The quantitative estimate of drug-likeness (QED) is 0.551. The third-order valence-electron chi connectivity index (χ3n) is 2.04. The predicted molar refractivity (Wildman–Crippen MR) is 66.8 cm³/mol. The molecule has 2 aromatic carbocycles. The fourth-order valence-electron chi connectivity index (χ4n) is 1.16. The zero-order valence-corrected chi connectivity index (χ0v) is 13.8. The minimum Gasteiger partial charge on any atom is -1.00 e. The van der Waals surface area contributed by atoms with Crippen LogP contribution in [0.2, 0.25) is 0 Å². The van der Waals surface area contributed by atoms with Crippen molar-refractivity contribution in [2.75, 3.05) is 0 Å². The molecular formula is C14H12Cl2O4Ti. The van der Waals surface area contributed by atoms with Crippen LogP contribution < -0.4 is 24.8 Å². The summed E-state index contributed by atoms with van der Waals surface area (Å²) in [7, 11) is 0. The molecule has 0 aliphatic rings. The molecule has 4 nitrogen and oxygen atoms in total. The average Bonchev–Trinajstić information content (AvgIpc) is 2.41. The van der Waals surface area contributed by atoms with Crippen molar-refractivity contribution in [2.24, 2.45) is 0 Å². The molecule has 0 heterocycles. The van der Waals surface area contributed by atoms with Gasteiger partial charge in [0, 0.05) is 0 Å². The summed E-state index contributed by atoms with van der Waals surface area (Å²) in [6.07, 6.45) is 0. The number of hydrogen-bond donors (Lipinski definition) is 2. The third-order valence-corrected chi connectivity index (χ3v) is 2.04. The summed E-state index contributed by atoms with van der Waals surface area (Å²) in [5.74, 6) is -1.76. The summed E-state index contributed by atoms with van der Waals surface area (Å²) in [6.45, 7) is 0. The van der Waals surface area contributed by atoms with Gasteiger partial charge in [-0.15, -0.1) is 0 Å². The molecule has 0 spiro atoms. The maximum atomic E-state index is 10.2. The molecule has 0 saturated heterocycles. The molecule has 0 radical (unpaired) electrons. The van der Waals surface area contributed by atoms with E-state index >= 15 is 0 Å². The van der Waals surface area contributed by atoms with Gasteiger partial charge < -0.3 is 35.0 Å². The summed E-state index contributed by atoms with van der Waals surface area (Å²) in [5, 5.41) is 16.8. The van der Waals surface area contributed by atoms with Crippen molar-refractivity contribution in [3.8, 4) is 0 Å². The van der Waals surface area contributed by atoms with Gasteiger partial charge in [-0.05, 0) is 24.3 Å².